The Kier molecular flexibility index (Phi) is 8.80. The monoisotopic (exact) mass is 557 g/mol. The molecule has 1 aliphatic rings. The van der Waals surface area contributed by atoms with Crippen molar-refractivity contribution in [3.8, 4) is 11.5 Å². The highest BCUT2D eigenvalue weighted by molar-refractivity contribution is 8.15. The maximum absolute atomic E-state index is 13.3. The molecule has 1 aliphatic heterocycles. The molecule has 1 N–H and O–H groups in total. The number of nitrogens with zero attached hydrogens (tertiary/aromatic N) is 2. The van der Waals surface area contributed by atoms with Crippen LogP contribution in [0.3, 0.4) is 0 Å². The Morgan fingerprint density at radius 2 is 1.74 bits per heavy atom. The number of benzene rings is 3. The van der Waals surface area contributed by atoms with Gasteiger partial charge in [-0.05, 0) is 54.4 Å². The number of rotatable bonds is 8. The molecule has 1 heterocycles. The molecule has 0 saturated carbocycles. The van der Waals surface area contributed by atoms with E-state index in [2.05, 4.69) is 10.3 Å². The van der Waals surface area contributed by atoms with E-state index in [0.717, 1.165) is 34.4 Å². The van der Waals surface area contributed by atoms with E-state index in [0.29, 0.717) is 23.6 Å². The van der Waals surface area contributed by atoms with Gasteiger partial charge in [-0.15, -0.1) is 0 Å². The molecule has 11 heteroatoms. The molecule has 1 atom stereocenters. The number of carbonyl (C=O) groups is 2. The van der Waals surface area contributed by atoms with E-state index in [1.807, 2.05) is 12.1 Å². The second-order valence-corrected chi connectivity index (χ2v) is 9.73. The number of anilines is 2. The molecule has 3 aromatic rings. The summed E-state index contributed by atoms with van der Waals surface area (Å²) in [5.41, 5.74) is 0.721. The Labute approximate surface area is 228 Å². The molecule has 0 spiro atoms. The summed E-state index contributed by atoms with van der Waals surface area (Å²) in [6.45, 7) is 0.265. The number of amides is 2. The Morgan fingerprint density at radius 3 is 2.44 bits per heavy atom. The zero-order valence-electron chi connectivity index (χ0n) is 21.2. The lowest BCUT2D eigenvalue weighted by atomic mass is 10.1. The van der Waals surface area contributed by atoms with Crippen molar-refractivity contribution in [1.82, 2.24) is 0 Å². The largest absolute Gasteiger partial charge is 0.493 e. The third-order valence-corrected chi connectivity index (χ3v) is 7.03. The molecule has 4 rings (SSSR count). The summed E-state index contributed by atoms with van der Waals surface area (Å²) in [7, 11) is 3.07. The standard InChI is InChI=1S/C28H26F3N3O4S/c1-37-22-12-11-18(15-23(22)38-2)13-14-32-27(33-20-8-6-7-19(16-20)28(29,30)31)39-24-17-25(35)34(26(24)36)21-9-4-3-5-10-21/h3-12,15-16,24H,13-14,17H2,1-2H3,(H,32,33)/t24-/m1/s1. The van der Waals surface area contributed by atoms with Gasteiger partial charge in [0.25, 0.3) is 0 Å². The molecule has 39 heavy (non-hydrogen) atoms. The molecule has 1 saturated heterocycles. The fraction of sp³-hybridized carbons (Fsp3) is 0.250. The van der Waals surface area contributed by atoms with Crippen molar-refractivity contribution >= 4 is 40.1 Å². The summed E-state index contributed by atoms with van der Waals surface area (Å²) in [5, 5.41) is 2.37. The van der Waals surface area contributed by atoms with Gasteiger partial charge in [0.2, 0.25) is 11.8 Å². The Morgan fingerprint density at radius 1 is 1.00 bits per heavy atom. The number of halogens is 3. The minimum atomic E-state index is -4.51. The molecule has 2 amide bonds. The third-order valence-electron chi connectivity index (χ3n) is 5.92. The van der Waals surface area contributed by atoms with Gasteiger partial charge < -0.3 is 14.8 Å². The fourth-order valence-electron chi connectivity index (χ4n) is 4.00. The van der Waals surface area contributed by atoms with Crippen LogP contribution in [-0.2, 0) is 22.2 Å². The first kappa shape index (κ1) is 28.0. The van der Waals surface area contributed by atoms with Gasteiger partial charge in [-0.3, -0.25) is 14.6 Å². The highest BCUT2D eigenvalue weighted by atomic mass is 32.2. The van der Waals surface area contributed by atoms with Crippen LogP contribution < -0.4 is 19.7 Å². The number of methoxy groups -OCH3 is 2. The summed E-state index contributed by atoms with van der Waals surface area (Å²) in [6.07, 6.45) is -4.08. The van der Waals surface area contributed by atoms with E-state index in [-0.39, 0.29) is 29.7 Å². The molecule has 1 fully saturated rings. The van der Waals surface area contributed by atoms with Crippen LogP contribution in [0.15, 0.2) is 77.8 Å². The number of nitrogens with one attached hydrogen (secondary N) is 1. The Hall–Kier alpha value is -3.99. The quantitative estimate of drug-likeness (QED) is 0.214. The van der Waals surface area contributed by atoms with Crippen molar-refractivity contribution < 1.29 is 32.2 Å². The summed E-state index contributed by atoms with van der Waals surface area (Å²) in [5.74, 6) is 0.383. The summed E-state index contributed by atoms with van der Waals surface area (Å²) < 4.78 is 50.4. The molecule has 0 aliphatic carbocycles. The molecular formula is C28H26F3N3O4S. The van der Waals surface area contributed by atoms with Gasteiger partial charge in [0, 0.05) is 18.7 Å². The number of imide groups is 1. The lowest BCUT2D eigenvalue weighted by molar-refractivity contribution is -0.137. The van der Waals surface area contributed by atoms with Crippen LogP contribution in [0, 0.1) is 0 Å². The molecule has 0 bridgehead atoms. The van der Waals surface area contributed by atoms with Crippen LogP contribution in [0.2, 0.25) is 0 Å². The minimum Gasteiger partial charge on any atom is -0.493 e. The highest BCUT2D eigenvalue weighted by Gasteiger charge is 2.41. The van der Waals surface area contributed by atoms with Crippen molar-refractivity contribution in [3.63, 3.8) is 0 Å². The normalized spacial score (nSPS) is 16.0. The number of para-hydroxylation sites is 1. The molecule has 7 nitrogen and oxygen atoms in total. The summed E-state index contributed by atoms with van der Waals surface area (Å²) in [6, 6.07) is 18.8. The van der Waals surface area contributed by atoms with Crippen LogP contribution in [-0.4, -0.2) is 43.0 Å². The number of hydrogen-bond acceptors (Lipinski definition) is 6. The minimum absolute atomic E-state index is 0.0582. The number of thioether (sulfide) groups is 1. The topological polar surface area (TPSA) is 80.2 Å². The number of aliphatic imine (C=N–C) groups is 1. The highest BCUT2D eigenvalue weighted by Crippen LogP contribution is 2.33. The van der Waals surface area contributed by atoms with Gasteiger partial charge in [-0.25, -0.2) is 4.90 Å². The average Bonchev–Trinajstić information content (AvgIpc) is 3.20. The van der Waals surface area contributed by atoms with E-state index in [1.165, 1.54) is 19.2 Å². The smallest absolute Gasteiger partial charge is 0.416 e. The van der Waals surface area contributed by atoms with Crippen LogP contribution in [0.25, 0.3) is 0 Å². The van der Waals surface area contributed by atoms with Crippen molar-refractivity contribution in [1.29, 1.82) is 0 Å². The van der Waals surface area contributed by atoms with Crippen LogP contribution in [0.1, 0.15) is 17.5 Å². The molecule has 0 unspecified atom stereocenters. The van der Waals surface area contributed by atoms with Crippen LogP contribution >= 0.6 is 11.8 Å². The summed E-state index contributed by atoms with van der Waals surface area (Å²) in [4.78, 5) is 31.5. The van der Waals surface area contributed by atoms with E-state index >= 15 is 0 Å². The third kappa shape index (κ3) is 6.91. The Bertz CT molecular complexity index is 1370. The second kappa shape index (κ2) is 12.2. The predicted molar refractivity (Wildman–Crippen MR) is 146 cm³/mol. The lowest BCUT2D eigenvalue weighted by Crippen LogP contribution is -2.31. The van der Waals surface area contributed by atoms with Crippen molar-refractivity contribution in [2.24, 2.45) is 4.99 Å². The second-order valence-electron chi connectivity index (χ2n) is 8.54. The van der Waals surface area contributed by atoms with Crippen LogP contribution in [0.5, 0.6) is 11.5 Å². The van der Waals surface area contributed by atoms with Crippen molar-refractivity contribution in [2.75, 3.05) is 31.0 Å². The van der Waals surface area contributed by atoms with E-state index in [1.54, 1.807) is 43.5 Å². The van der Waals surface area contributed by atoms with Gasteiger partial charge in [0.15, 0.2) is 16.7 Å². The van der Waals surface area contributed by atoms with Gasteiger partial charge in [0.1, 0.15) is 5.25 Å². The van der Waals surface area contributed by atoms with Gasteiger partial charge in [-0.1, -0.05) is 42.1 Å². The number of ether oxygens (including phenoxy) is 2. The number of amidine groups is 1. The first-order valence-corrected chi connectivity index (χ1v) is 12.9. The number of alkyl halides is 3. The zero-order chi connectivity index (χ0) is 28.0. The predicted octanol–water partition coefficient (Wildman–Crippen LogP) is 5.80. The first-order valence-electron chi connectivity index (χ1n) is 12.0. The van der Waals surface area contributed by atoms with Crippen molar-refractivity contribution in [3.05, 3.63) is 83.9 Å². The molecule has 0 aromatic heterocycles. The van der Waals surface area contributed by atoms with Gasteiger partial charge in [-0.2, -0.15) is 13.2 Å². The summed E-state index contributed by atoms with van der Waals surface area (Å²) >= 11 is 1.02. The molecular weight excluding hydrogens is 531 g/mol. The number of carbonyl (C=O) groups excluding carboxylic acids is 2. The Balaban J connectivity index is 1.55. The maximum atomic E-state index is 13.3. The SMILES string of the molecule is COc1ccc(CCN=C(Nc2cccc(C(F)(F)F)c2)S[C@@H]2CC(=O)N(c3ccccc3)C2=O)cc1OC. The molecule has 204 valence electrons. The number of hydrogen-bond donors (Lipinski definition) is 1. The van der Waals surface area contributed by atoms with Gasteiger partial charge >= 0.3 is 6.18 Å². The van der Waals surface area contributed by atoms with Crippen molar-refractivity contribution in [2.45, 2.75) is 24.3 Å². The zero-order valence-corrected chi connectivity index (χ0v) is 22.0. The fourth-order valence-corrected chi connectivity index (χ4v) is 5.05. The van der Waals surface area contributed by atoms with E-state index in [9.17, 15) is 22.8 Å². The molecule has 3 aromatic carbocycles. The van der Waals surface area contributed by atoms with E-state index < -0.39 is 22.9 Å². The van der Waals surface area contributed by atoms with Crippen LogP contribution in [0.4, 0.5) is 24.5 Å². The van der Waals surface area contributed by atoms with Gasteiger partial charge in [0.05, 0.1) is 25.5 Å². The lowest BCUT2D eigenvalue weighted by Gasteiger charge is -2.16. The van der Waals surface area contributed by atoms with E-state index in [4.69, 9.17) is 9.47 Å². The maximum Gasteiger partial charge on any atom is 0.416 e. The first-order chi connectivity index (χ1) is 18.7. The molecule has 0 radical (unpaired) electrons. The average molecular weight is 558 g/mol.